The second-order valence-electron chi connectivity index (χ2n) is 38.3. The molecule has 0 saturated carbocycles. The maximum absolute atomic E-state index is 5.97. The van der Waals surface area contributed by atoms with Crippen molar-refractivity contribution in [2.75, 3.05) is 0 Å². The topological polar surface area (TPSA) is 141 Å². The van der Waals surface area contributed by atoms with Crippen LogP contribution in [0, 0.1) is 165 Å². The number of benzene rings is 15. The molecule has 644 valence electrons. The molecule has 1 atom stereocenters. The molecule has 0 amide bonds. The normalized spacial score (nSPS) is 13.2. The van der Waals surface area contributed by atoms with E-state index in [0.717, 1.165) is 199 Å². The van der Waals surface area contributed by atoms with E-state index in [1.54, 1.807) is 0 Å². The van der Waals surface area contributed by atoms with Gasteiger partial charge in [0.25, 0.3) is 0 Å². The summed E-state index contributed by atoms with van der Waals surface area (Å²) in [5.74, 6) is 6.43. The van der Waals surface area contributed by atoms with Gasteiger partial charge in [0.05, 0.1) is 11.4 Å². The monoisotopic (exact) mass is 1700 g/mol. The fourth-order valence-corrected chi connectivity index (χ4v) is 22.9. The van der Waals surface area contributed by atoms with E-state index in [2.05, 4.69) is 361 Å². The summed E-state index contributed by atoms with van der Waals surface area (Å²) in [6, 6.07) is 70.0. The van der Waals surface area contributed by atoms with Gasteiger partial charge in [-0.2, -0.15) is 0 Å². The first-order valence-corrected chi connectivity index (χ1v) is 46.0. The molecule has 0 bridgehead atoms. The minimum absolute atomic E-state index is 0.0967. The molecule has 2 aliphatic rings. The molecule has 3 aromatic heterocycles. The number of hydrogen-bond donors (Lipinski definition) is 0. The Hall–Kier alpha value is -14.3. The lowest BCUT2D eigenvalue weighted by atomic mass is 9.85. The van der Waals surface area contributed by atoms with Crippen LogP contribution in [0.5, 0.6) is 0 Å². The largest absolute Gasteiger partial charge is 0.232 e. The van der Waals surface area contributed by atoms with Crippen molar-refractivity contribution in [3.8, 4) is 125 Å². The van der Waals surface area contributed by atoms with Crippen LogP contribution in [-0.2, 0) is 6.42 Å². The van der Waals surface area contributed by atoms with Crippen molar-refractivity contribution in [2.45, 2.75) is 180 Å². The summed E-state index contributed by atoms with van der Waals surface area (Å²) >= 11 is 0. The number of rotatable bonds is 14. The van der Waals surface area contributed by atoms with Crippen molar-refractivity contribution in [3.63, 3.8) is 0 Å². The average molecular weight is 1710 g/mol. The van der Waals surface area contributed by atoms with E-state index in [-0.39, 0.29) is 5.92 Å². The van der Waals surface area contributed by atoms with Gasteiger partial charge in [0.15, 0.2) is 58.3 Å². The molecule has 0 radical (unpaired) electrons. The van der Waals surface area contributed by atoms with Crippen LogP contribution in [0.15, 0.2) is 204 Å². The molecule has 11 heteroatoms. The maximum Gasteiger partial charge on any atom is 0.164 e. The number of aromatic nitrogens is 9. The zero-order valence-electron chi connectivity index (χ0n) is 80.1. The van der Waals surface area contributed by atoms with Gasteiger partial charge < -0.3 is 0 Å². The molecular formula is C120H109N11. The van der Waals surface area contributed by atoms with Crippen molar-refractivity contribution in [2.24, 2.45) is 15.9 Å². The summed E-state index contributed by atoms with van der Waals surface area (Å²) in [6.07, 6.45) is 0.672. The van der Waals surface area contributed by atoms with E-state index >= 15 is 0 Å². The molecule has 1 unspecified atom stereocenters. The number of aryl methyl sites for hydroxylation is 22. The van der Waals surface area contributed by atoms with Gasteiger partial charge in [-0.25, -0.2) is 54.8 Å². The third-order valence-electron chi connectivity index (χ3n) is 28.1. The van der Waals surface area contributed by atoms with Crippen LogP contribution in [-0.4, -0.2) is 56.4 Å². The van der Waals surface area contributed by atoms with Gasteiger partial charge in [-0.05, 0) is 373 Å². The van der Waals surface area contributed by atoms with Gasteiger partial charge in [0, 0.05) is 72.7 Å². The number of fused-ring (bicyclic) bond motifs is 3. The Bertz CT molecular complexity index is 7850. The summed E-state index contributed by atoms with van der Waals surface area (Å²) in [5, 5.41) is 8.87. The van der Waals surface area contributed by atoms with Gasteiger partial charge in [-0.3, -0.25) is 0 Å². The second kappa shape index (κ2) is 32.1. The third kappa shape index (κ3) is 14.5. The molecule has 15 aromatic carbocycles. The van der Waals surface area contributed by atoms with Gasteiger partial charge >= 0.3 is 0 Å². The predicted octanol–water partition coefficient (Wildman–Crippen LogP) is 29.9. The van der Waals surface area contributed by atoms with Crippen molar-refractivity contribution < 1.29 is 0 Å². The van der Waals surface area contributed by atoms with Crippen LogP contribution < -0.4 is 0 Å². The fourth-order valence-electron chi connectivity index (χ4n) is 22.9. The lowest BCUT2D eigenvalue weighted by molar-refractivity contribution is 0.916. The lowest BCUT2D eigenvalue weighted by Crippen LogP contribution is -2.19. The molecule has 1 aliphatic carbocycles. The van der Waals surface area contributed by atoms with Gasteiger partial charge in [0.2, 0.25) is 0 Å². The van der Waals surface area contributed by atoms with Crippen molar-refractivity contribution >= 4 is 60.3 Å². The Morgan fingerprint density at radius 2 is 0.542 bits per heavy atom. The van der Waals surface area contributed by atoms with Crippen LogP contribution in [0.2, 0.25) is 0 Å². The van der Waals surface area contributed by atoms with Crippen LogP contribution in [0.25, 0.3) is 174 Å². The molecule has 20 rings (SSSR count). The van der Waals surface area contributed by atoms with Crippen molar-refractivity contribution in [1.82, 2.24) is 44.9 Å². The first-order chi connectivity index (χ1) is 62.7. The van der Waals surface area contributed by atoms with Crippen LogP contribution in [0.1, 0.15) is 170 Å². The van der Waals surface area contributed by atoms with E-state index in [9.17, 15) is 0 Å². The molecule has 0 N–H and O–H groups in total. The quantitative estimate of drug-likeness (QED) is 0.0973. The average Bonchev–Trinajstić information content (AvgIpc) is 1.63. The fraction of sp³-hybridized carbons (Fsp3) is 0.225. The maximum atomic E-state index is 5.97. The standard InChI is InChI=1S/C120H109N11/c1-58-41-65(8)98(66(9)42-58)110-81(24)80(23)109(86-33-34-87-90-39-40-95(88-27-26-28-89(108(88)90)97(87)57-86)113-127-117(102-73(16)49-62(5)50-74(102)17)130-118(128-113)103-75(18)51-63(6)52-76(103)19)121-120(122-110)105-77(20)53-64(7)96(82(105)25)56-83-54-78(21)104(79(22)55-83)119-126-112(125-116(131-119)101-71(14)47-61(4)48-72(101)15)94-38-32-85-29-35-91-93(37-31-84-30-36-92(94)107(85)106(84)91)111-123-114(99-67(10)43-59(2)44-68(99)11)129-115(124-111)100-69(12)45-60(3)46-70(100)13/h26-55,57,81H,56H2,1-25H3. The Labute approximate surface area is 769 Å². The van der Waals surface area contributed by atoms with E-state index < -0.39 is 0 Å². The number of aliphatic imine (C=N–C) groups is 2. The van der Waals surface area contributed by atoms with Gasteiger partial charge in [0.1, 0.15) is 0 Å². The Kier molecular flexibility index (Phi) is 20.8. The molecule has 0 spiro atoms. The summed E-state index contributed by atoms with van der Waals surface area (Å²) in [7, 11) is 0. The van der Waals surface area contributed by atoms with E-state index in [1.165, 1.54) is 88.8 Å². The predicted molar refractivity (Wildman–Crippen MR) is 547 cm³/mol. The number of allylic oxidation sites excluding steroid dienone is 1. The molecule has 11 nitrogen and oxygen atoms in total. The zero-order valence-corrected chi connectivity index (χ0v) is 80.1. The van der Waals surface area contributed by atoms with Gasteiger partial charge in [-0.1, -0.05) is 204 Å². The minimum atomic E-state index is -0.0967. The van der Waals surface area contributed by atoms with Crippen LogP contribution in [0.4, 0.5) is 0 Å². The Morgan fingerprint density at radius 3 is 0.924 bits per heavy atom. The highest BCUT2D eigenvalue weighted by atomic mass is 15.1. The molecule has 0 fully saturated rings. The van der Waals surface area contributed by atoms with E-state index in [4.69, 9.17) is 54.8 Å². The summed E-state index contributed by atoms with van der Waals surface area (Å²) in [4.78, 5) is 61.3. The molecule has 4 heterocycles. The first kappa shape index (κ1) is 84.8. The lowest BCUT2D eigenvalue weighted by Gasteiger charge is -2.21. The van der Waals surface area contributed by atoms with E-state index in [0.29, 0.717) is 64.7 Å². The van der Waals surface area contributed by atoms with Crippen molar-refractivity contribution in [3.05, 3.63) is 349 Å². The first-order valence-electron chi connectivity index (χ1n) is 46.0. The van der Waals surface area contributed by atoms with E-state index in [1.807, 2.05) is 0 Å². The zero-order chi connectivity index (χ0) is 91.8. The Morgan fingerprint density at radius 1 is 0.237 bits per heavy atom. The highest BCUT2D eigenvalue weighted by Gasteiger charge is 2.33. The number of hydrogen-bond acceptors (Lipinski definition) is 11. The minimum Gasteiger partial charge on any atom is -0.232 e. The molecular weight excluding hydrogens is 1600 g/mol. The number of amidine groups is 1. The molecule has 131 heavy (non-hydrogen) atoms. The highest BCUT2D eigenvalue weighted by molar-refractivity contribution is 6.28. The van der Waals surface area contributed by atoms with Crippen LogP contribution in [0.3, 0.4) is 0 Å². The molecule has 0 saturated heterocycles. The molecule has 1 aliphatic heterocycles. The van der Waals surface area contributed by atoms with Crippen molar-refractivity contribution in [1.29, 1.82) is 0 Å². The number of nitrogens with zero attached hydrogens (tertiary/aromatic N) is 11. The highest BCUT2D eigenvalue weighted by Crippen LogP contribution is 2.52. The molecule has 18 aromatic rings. The van der Waals surface area contributed by atoms with Crippen LogP contribution >= 0.6 is 0 Å². The van der Waals surface area contributed by atoms with Gasteiger partial charge in [-0.15, -0.1) is 0 Å². The Balaban J connectivity index is 0.687. The summed E-state index contributed by atoms with van der Waals surface area (Å²) in [6.45, 7) is 54.9. The summed E-state index contributed by atoms with van der Waals surface area (Å²) in [5.41, 5.74) is 49.0. The summed E-state index contributed by atoms with van der Waals surface area (Å²) < 4.78 is 0. The third-order valence-corrected chi connectivity index (χ3v) is 28.1. The smallest absolute Gasteiger partial charge is 0.164 e. The second-order valence-corrected chi connectivity index (χ2v) is 38.3. The SMILES string of the molecule is CC1=C(c2ccc3c(c2)-c2cccc4c(-c5nc(-c6c(C)cc(C)cc6C)nc(-c6c(C)cc(C)cc6C)n5)ccc-3c24)N=C(c2c(C)cc(C)c(Cc3cc(C)c(-c4nc(-c5c(C)cc(C)cc5C)nc(-c5ccc6ccc7c(-c8nc(-c9c(C)cc(C)cc9C)nc(-c9c(C)cc(C)cc9C)n8)ccc8ccc5c6c87)n4)c(C)c3)c2C)N=C(c2c(C)cc(C)cc2C)C1C.